The Bertz CT molecular complexity index is 3430. The molecule has 0 aliphatic heterocycles. The van der Waals surface area contributed by atoms with Crippen LogP contribution < -0.4 is 4.90 Å². The maximum Gasteiger partial charge on any atom is 0.0548 e. The molecule has 12 rings (SSSR count). The van der Waals surface area contributed by atoms with Crippen molar-refractivity contribution in [2.24, 2.45) is 0 Å². The molecule has 2 heterocycles. The molecule has 0 radical (unpaired) electrons. The summed E-state index contributed by atoms with van der Waals surface area (Å²) in [6, 6.07) is 77.8. The van der Waals surface area contributed by atoms with Crippen LogP contribution in [0.3, 0.4) is 0 Å². The van der Waals surface area contributed by atoms with Crippen molar-refractivity contribution in [3.05, 3.63) is 223 Å². The van der Waals surface area contributed by atoms with Crippen LogP contribution >= 0.6 is 0 Å². The van der Waals surface area contributed by atoms with Gasteiger partial charge in [0, 0.05) is 55.4 Å². The van der Waals surface area contributed by atoms with Gasteiger partial charge in [0.05, 0.1) is 22.1 Å². The SMILES string of the molecule is CC1(C)c2ccccc2-c2ccc(N(c3ccc(-c4ccccc4)cc3)c3ccc(-n4c5ccccc5c5cc6c(cc54)c4ccccc4n6-c4ccccc4)cc3)cc21. The van der Waals surface area contributed by atoms with E-state index >= 15 is 0 Å². The molecule has 0 atom stereocenters. The molecule has 0 saturated heterocycles. The second kappa shape index (κ2) is 13.2. The third-order valence-corrected chi connectivity index (χ3v) is 12.9. The van der Waals surface area contributed by atoms with Gasteiger partial charge in [-0.15, -0.1) is 0 Å². The zero-order chi connectivity index (χ0) is 40.0. The fourth-order valence-corrected chi connectivity index (χ4v) is 10.0. The van der Waals surface area contributed by atoms with Gasteiger partial charge in [0.15, 0.2) is 0 Å². The maximum absolute atomic E-state index is 2.44. The lowest BCUT2D eigenvalue weighted by molar-refractivity contribution is 0.660. The molecule has 284 valence electrons. The summed E-state index contributed by atoms with van der Waals surface area (Å²) in [7, 11) is 0. The number of para-hydroxylation sites is 3. The summed E-state index contributed by atoms with van der Waals surface area (Å²) in [6.07, 6.45) is 0. The average Bonchev–Trinajstić information content (AvgIpc) is 3.89. The van der Waals surface area contributed by atoms with Crippen molar-refractivity contribution in [2.45, 2.75) is 19.3 Å². The molecule has 60 heavy (non-hydrogen) atoms. The maximum atomic E-state index is 2.44. The van der Waals surface area contributed by atoms with Crippen molar-refractivity contribution in [3.8, 4) is 33.6 Å². The molecule has 1 aliphatic rings. The van der Waals surface area contributed by atoms with Crippen LogP contribution in [0.4, 0.5) is 17.1 Å². The number of benzene rings is 9. The summed E-state index contributed by atoms with van der Waals surface area (Å²) >= 11 is 0. The molecular weight excluding hydrogens is 727 g/mol. The quantitative estimate of drug-likeness (QED) is 0.164. The van der Waals surface area contributed by atoms with Crippen molar-refractivity contribution >= 4 is 60.7 Å². The third-order valence-electron chi connectivity index (χ3n) is 12.9. The van der Waals surface area contributed by atoms with E-state index in [1.807, 2.05) is 0 Å². The van der Waals surface area contributed by atoms with E-state index in [2.05, 4.69) is 240 Å². The average molecular weight is 768 g/mol. The topological polar surface area (TPSA) is 13.1 Å². The second-order valence-corrected chi connectivity index (χ2v) is 16.6. The van der Waals surface area contributed by atoms with Crippen LogP contribution in [0.25, 0.3) is 77.2 Å². The monoisotopic (exact) mass is 767 g/mol. The number of hydrogen-bond acceptors (Lipinski definition) is 1. The highest BCUT2D eigenvalue weighted by Crippen LogP contribution is 2.51. The van der Waals surface area contributed by atoms with Crippen LogP contribution in [0.15, 0.2) is 212 Å². The minimum atomic E-state index is -0.107. The van der Waals surface area contributed by atoms with Crippen LogP contribution in [0.5, 0.6) is 0 Å². The minimum Gasteiger partial charge on any atom is -0.310 e. The van der Waals surface area contributed by atoms with Gasteiger partial charge in [-0.2, -0.15) is 0 Å². The lowest BCUT2D eigenvalue weighted by atomic mass is 9.82. The first-order valence-electron chi connectivity index (χ1n) is 20.9. The second-order valence-electron chi connectivity index (χ2n) is 16.6. The smallest absolute Gasteiger partial charge is 0.0548 e. The molecule has 9 aromatic carbocycles. The molecule has 11 aromatic rings. The molecule has 2 aromatic heterocycles. The zero-order valence-corrected chi connectivity index (χ0v) is 33.5. The molecule has 1 aliphatic carbocycles. The predicted molar refractivity (Wildman–Crippen MR) is 253 cm³/mol. The molecule has 0 spiro atoms. The number of nitrogens with zero attached hydrogens (tertiary/aromatic N) is 3. The summed E-state index contributed by atoms with van der Waals surface area (Å²) in [5, 5.41) is 4.98. The summed E-state index contributed by atoms with van der Waals surface area (Å²) in [4.78, 5) is 2.41. The Balaban J connectivity index is 1.02. The summed E-state index contributed by atoms with van der Waals surface area (Å²) in [5.74, 6) is 0. The Morgan fingerprint density at radius 1 is 0.333 bits per heavy atom. The molecule has 0 N–H and O–H groups in total. The number of fused-ring (bicyclic) bond motifs is 9. The normalized spacial score (nSPS) is 13.0. The van der Waals surface area contributed by atoms with Crippen molar-refractivity contribution in [1.82, 2.24) is 9.13 Å². The number of aromatic nitrogens is 2. The standard InChI is InChI=1S/C57H41N3/c1-57(2)51-22-12-9-19-45(51)46-34-33-44(35-52(46)57)58(41-27-25-39(26-28-41)38-15-5-3-6-16-38)42-29-31-43(32-30-42)60-54-24-14-11-21-48(54)50-36-55-49(37-56(50)60)47-20-10-13-23-53(47)59(55)40-17-7-4-8-18-40/h3-37H,1-2H3. The molecule has 0 saturated carbocycles. The van der Waals surface area contributed by atoms with Gasteiger partial charge in [0.25, 0.3) is 0 Å². The number of rotatable bonds is 6. The first-order valence-corrected chi connectivity index (χ1v) is 20.9. The molecule has 3 heteroatoms. The van der Waals surface area contributed by atoms with Gasteiger partial charge in [0.1, 0.15) is 0 Å². The molecule has 0 bridgehead atoms. The van der Waals surface area contributed by atoms with Gasteiger partial charge in [-0.3, -0.25) is 0 Å². The van der Waals surface area contributed by atoms with Gasteiger partial charge in [-0.25, -0.2) is 0 Å². The lowest BCUT2D eigenvalue weighted by Gasteiger charge is -2.28. The van der Waals surface area contributed by atoms with Crippen LogP contribution in [0, 0.1) is 0 Å². The van der Waals surface area contributed by atoms with Gasteiger partial charge in [-0.1, -0.05) is 141 Å². The molecule has 0 fully saturated rings. The van der Waals surface area contributed by atoms with Crippen LogP contribution in [-0.4, -0.2) is 9.13 Å². The van der Waals surface area contributed by atoms with E-state index in [0.717, 1.165) is 28.4 Å². The Labute approximate surface area is 349 Å². The van der Waals surface area contributed by atoms with Crippen molar-refractivity contribution < 1.29 is 0 Å². The van der Waals surface area contributed by atoms with E-state index in [1.54, 1.807) is 0 Å². The molecule has 3 nitrogen and oxygen atoms in total. The van der Waals surface area contributed by atoms with Gasteiger partial charge >= 0.3 is 0 Å². The van der Waals surface area contributed by atoms with Gasteiger partial charge < -0.3 is 14.0 Å². The van der Waals surface area contributed by atoms with Crippen molar-refractivity contribution in [2.75, 3.05) is 4.90 Å². The van der Waals surface area contributed by atoms with E-state index in [-0.39, 0.29) is 5.41 Å². The highest BCUT2D eigenvalue weighted by Gasteiger charge is 2.35. The largest absolute Gasteiger partial charge is 0.310 e. The van der Waals surface area contributed by atoms with Crippen molar-refractivity contribution in [1.29, 1.82) is 0 Å². The van der Waals surface area contributed by atoms with Crippen LogP contribution in [-0.2, 0) is 5.41 Å². The summed E-state index contributed by atoms with van der Waals surface area (Å²) in [5.41, 5.74) is 18.2. The van der Waals surface area contributed by atoms with E-state index in [1.165, 1.54) is 77.0 Å². The van der Waals surface area contributed by atoms with Gasteiger partial charge in [0.2, 0.25) is 0 Å². The van der Waals surface area contributed by atoms with Crippen molar-refractivity contribution in [3.63, 3.8) is 0 Å². The minimum absolute atomic E-state index is 0.107. The summed E-state index contributed by atoms with van der Waals surface area (Å²) < 4.78 is 4.85. The van der Waals surface area contributed by atoms with E-state index in [0.29, 0.717) is 0 Å². The first kappa shape index (κ1) is 34.4. The number of hydrogen-bond donors (Lipinski definition) is 0. The van der Waals surface area contributed by atoms with Crippen LogP contribution in [0.2, 0.25) is 0 Å². The van der Waals surface area contributed by atoms with E-state index in [4.69, 9.17) is 0 Å². The number of anilines is 3. The molecule has 0 unspecified atom stereocenters. The Morgan fingerprint density at radius 2 is 0.800 bits per heavy atom. The van der Waals surface area contributed by atoms with Crippen LogP contribution in [0.1, 0.15) is 25.0 Å². The zero-order valence-electron chi connectivity index (χ0n) is 33.5. The fourth-order valence-electron chi connectivity index (χ4n) is 10.0. The Hall–Kier alpha value is -7.62. The summed E-state index contributed by atoms with van der Waals surface area (Å²) in [6.45, 7) is 4.71. The molecule has 0 amide bonds. The Kier molecular flexibility index (Phi) is 7.58. The lowest BCUT2D eigenvalue weighted by Crippen LogP contribution is -2.16. The molecular formula is C57H41N3. The first-order chi connectivity index (χ1) is 29.5. The predicted octanol–water partition coefficient (Wildman–Crippen LogP) is 15.3. The Morgan fingerprint density at radius 3 is 1.43 bits per heavy atom. The van der Waals surface area contributed by atoms with E-state index in [9.17, 15) is 0 Å². The van der Waals surface area contributed by atoms with Gasteiger partial charge in [-0.05, 0) is 118 Å². The highest BCUT2D eigenvalue weighted by molar-refractivity contribution is 6.19. The van der Waals surface area contributed by atoms with E-state index < -0.39 is 0 Å². The third kappa shape index (κ3) is 5.15. The fraction of sp³-hybridized carbons (Fsp3) is 0.0526. The highest BCUT2D eigenvalue weighted by atomic mass is 15.1.